The molecule has 96 valence electrons. The first-order valence-corrected chi connectivity index (χ1v) is 6.94. The van der Waals surface area contributed by atoms with Gasteiger partial charge in [-0.3, -0.25) is 0 Å². The minimum absolute atomic E-state index is 0.149. The second-order valence-corrected chi connectivity index (χ2v) is 5.76. The zero-order valence-electron chi connectivity index (χ0n) is 9.91. The molecule has 1 aromatic carbocycles. The molecule has 0 radical (unpaired) electrons. The highest BCUT2D eigenvalue weighted by Gasteiger charge is 2.34. The van der Waals surface area contributed by atoms with Crippen LogP contribution >= 0.6 is 27.3 Å². The highest BCUT2D eigenvalue weighted by atomic mass is 79.9. The molecule has 0 bridgehead atoms. The second kappa shape index (κ2) is 4.99. The summed E-state index contributed by atoms with van der Waals surface area (Å²) in [5, 5.41) is 12.5. The van der Waals surface area contributed by atoms with E-state index < -0.39 is 11.4 Å². The van der Waals surface area contributed by atoms with Crippen molar-refractivity contribution in [2.24, 2.45) is 0 Å². The lowest BCUT2D eigenvalue weighted by Crippen LogP contribution is -2.24. The monoisotopic (exact) mass is 330 g/mol. The molecule has 0 saturated carbocycles. The van der Waals surface area contributed by atoms with Crippen LogP contribution in [0, 0.1) is 5.82 Å². The molecule has 0 aliphatic rings. The Morgan fingerprint density at radius 2 is 2.11 bits per heavy atom. The summed E-state index contributed by atoms with van der Waals surface area (Å²) in [5.41, 5.74) is -1.29. The first-order valence-electron chi connectivity index (χ1n) is 5.27. The number of benzene rings is 1. The summed E-state index contributed by atoms with van der Waals surface area (Å²) < 4.78 is 19.9. The predicted octanol–water partition coefficient (Wildman–Crippen LogP) is 3.91. The van der Waals surface area contributed by atoms with E-state index in [2.05, 4.69) is 15.9 Å². The lowest BCUT2D eigenvalue weighted by atomic mass is 9.93. The van der Waals surface area contributed by atoms with Crippen LogP contribution in [0.1, 0.15) is 17.4 Å². The number of hydrogen-bond donors (Lipinski definition) is 1. The number of thiophene rings is 1. The Kier molecular flexibility index (Phi) is 3.75. The SMILES string of the molecule is COc1cccc(F)c1C(C)(O)c1sccc1Br. The molecule has 0 saturated heterocycles. The van der Waals surface area contributed by atoms with Gasteiger partial charge < -0.3 is 9.84 Å². The van der Waals surface area contributed by atoms with Gasteiger partial charge in [0.2, 0.25) is 0 Å². The maximum absolute atomic E-state index is 14.0. The third-order valence-electron chi connectivity index (χ3n) is 2.74. The maximum atomic E-state index is 14.0. The van der Waals surface area contributed by atoms with Crippen LogP contribution in [0.2, 0.25) is 0 Å². The van der Waals surface area contributed by atoms with Crippen molar-refractivity contribution in [3.63, 3.8) is 0 Å². The fourth-order valence-electron chi connectivity index (χ4n) is 1.90. The number of halogens is 2. The summed E-state index contributed by atoms with van der Waals surface area (Å²) in [6.45, 7) is 1.56. The van der Waals surface area contributed by atoms with Gasteiger partial charge in [-0.25, -0.2) is 4.39 Å². The lowest BCUT2D eigenvalue weighted by molar-refractivity contribution is 0.0977. The summed E-state index contributed by atoms with van der Waals surface area (Å²) in [6, 6.07) is 6.32. The second-order valence-electron chi connectivity index (χ2n) is 3.99. The van der Waals surface area contributed by atoms with E-state index in [1.165, 1.54) is 24.5 Å². The molecule has 18 heavy (non-hydrogen) atoms. The van der Waals surface area contributed by atoms with Gasteiger partial charge in [-0.2, -0.15) is 0 Å². The Balaban J connectivity index is 2.64. The van der Waals surface area contributed by atoms with Gasteiger partial charge in [0.05, 0.1) is 17.6 Å². The van der Waals surface area contributed by atoms with Gasteiger partial charge in [-0.05, 0) is 46.4 Å². The first kappa shape index (κ1) is 13.5. The van der Waals surface area contributed by atoms with Gasteiger partial charge in [0, 0.05) is 4.47 Å². The normalized spacial score (nSPS) is 14.3. The van der Waals surface area contributed by atoms with Crippen LogP contribution in [0.5, 0.6) is 5.75 Å². The summed E-state index contributed by atoms with van der Waals surface area (Å²) >= 11 is 4.72. The largest absolute Gasteiger partial charge is 0.496 e. The van der Waals surface area contributed by atoms with Crippen LogP contribution in [0.25, 0.3) is 0 Å². The zero-order valence-corrected chi connectivity index (χ0v) is 12.3. The van der Waals surface area contributed by atoms with Crippen LogP contribution in [-0.2, 0) is 5.60 Å². The predicted molar refractivity (Wildman–Crippen MR) is 73.6 cm³/mol. The van der Waals surface area contributed by atoms with E-state index in [4.69, 9.17) is 4.74 Å². The molecule has 2 aromatic rings. The van der Waals surface area contributed by atoms with Crippen molar-refractivity contribution in [2.45, 2.75) is 12.5 Å². The van der Waals surface area contributed by atoms with E-state index in [0.29, 0.717) is 10.6 Å². The molecular weight excluding hydrogens is 319 g/mol. The fraction of sp³-hybridized carbons (Fsp3) is 0.231. The van der Waals surface area contributed by atoms with E-state index in [0.717, 1.165) is 4.47 Å². The fourth-order valence-corrected chi connectivity index (χ4v) is 3.73. The van der Waals surface area contributed by atoms with Crippen molar-refractivity contribution in [3.8, 4) is 5.75 Å². The summed E-state index contributed by atoms with van der Waals surface area (Å²) in [4.78, 5) is 0.644. The number of rotatable bonds is 3. The van der Waals surface area contributed by atoms with Gasteiger partial charge in [-0.1, -0.05) is 6.07 Å². The molecule has 1 unspecified atom stereocenters. The Hall–Kier alpha value is -0.910. The molecule has 1 N–H and O–H groups in total. The van der Waals surface area contributed by atoms with E-state index >= 15 is 0 Å². The molecule has 1 atom stereocenters. The summed E-state index contributed by atoms with van der Waals surface area (Å²) in [6.07, 6.45) is 0. The molecule has 1 aromatic heterocycles. The molecule has 0 aliphatic carbocycles. The third kappa shape index (κ3) is 2.18. The Bertz CT molecular complexity index is 566. The van der Waals surface area contributed by atoms with E-state index in [-0.39, 0.29) is 5.56 Å². The smallest absolute Gasteiger partial charge is 0.133 e. The molecule has 0 aliphatic heterocycles. The Morgan fingerprint density at radius 3 is 2.67 bits per heavy atom. The van der Waals surface area contributed by atoms with Crippen LogP contribution in [0.3, 0.4) is 0 Å². The van der Waals surface area contributed by atoms with Crippen molar-refractivity contribution in [2.75, 3.05) is 7.11 Å². The Labute approximate surface area is 117 Å². The lowest BCUT2D eigenvalue weighted by Gasteiger charge is -2.25. The van der Waals surface area contributed by atoms with Crippen molar-refractivity contribution in [1.29, 1.82) is 0 Å². The van der Waals surface area contributed by atoms with Gasteiger partial charge in [-0.15, -0.1) is 11.3 Å². The molecule has 0 spiro atoms. The highest BCUT2D eigenvalue weighted by molar-refractivity contribution is 9.10. The molecule has 2 nitrogen and oxygen atoms in total. The quantitative estimate of drug-likeness (QED) is 0.924. The van der Waals surface area contributed by atoms with Crippen LogP contribution in [-0.4, -0.2) is 12.2 Å². The minimum Gasteiger partial charge on any atom is -0.496 e. The molecule has 2 rings (SSSR count). The Morgan fingerprint density at radius 1 is 1.39 bits per heavy atom. The number of aliphatic hydroxyl groups is 1. The first-order chi connectivity index (χ1) is 8.48. The standard InChI is InChI=1S/C13H12BrFO2S/c1-13(16,12-8(14)6-7-18-12)11-9(15)4-3-5-10(11)17-2/h3-7,16H,1-2H3. The van der Waals surface area contributed by atoms with E-state index in [1.807, 2.05) is 11.4 Å². The zero-order chi connectivity index (χ0) is 13.3. The van der Waals surface area contributed by atoms with Gasteiger partial charge >= 0.3 is 0 Å². The molecule has 5 heteroatoms. The summed E-state index contributed by atoms with van der Waals surface area (Å²) in [5.74, 6) is -0.153. The molecule has 0 fully saturated rings. The number of methoxy groups -OCH3 is 1. The van der Waals surface area contributed by atoms with Crippen molar-refractivity contribution >= 4 is 27.3 Å². The maximum Gasteiger partial charge on any atom is 0.133 e. The number of ether oxygens (including phenoxy) is 1. The van der Waals surface area contributed by atoms with Crippen molar-refractivity contribution in [3.05, 3.63) is 50.4 Å². The van der Waals surface area contributed by atoms with Crippen LogP contribution in [0.15, 0.2) is 34.1 Å². The minimum atomic E-state index is -1.44. The number of hydrogen-bond acceptors (Lipinski definition) is 3. The van der Waals surface area contributed by atoms with E-state index in [9.17, 15) is 9.50 Å². The molecule has 0 amide bonds. The van der Waals surface area contributed by atoms with Gasteiger partial charge in [0.25, 0.3) is 0 Å². The van der Waals surface area contributed by atoms with E-state index in [1.54, 1.807) is 19.1 Å². The van der Waals surface area contributed by atoms with Crippen molar-refractivity contribution in [1.82, 2.24) is 0 Å². The molecule has 1 heterocycles. The highest BCUT2D eigenvalue weighted by Crippen LogP contribution is 2.42. The third-order valence-corrected chi connectivity index (χ3v) is 4.79. The van der Waals surface area contributed by atoms with Crippen LogP contribution < -0.4 is 4.74 Å². The van der Waals surface area contributed by atoms with Gasteiger partial charge in [0.15, 0.2) is 0 Å². The summed E-state index contributed by atoms with van der Waals surface area (Å²) in [7, 11) is 1.46. The van der Waals surface area contributed by atoms with Crippen LogP contribution in [0.4, 0.5) is 4.39 Å². The van der Waals surface area contributed by atoms with Gasteiger partial charge in [0.1, 0.15) is 17.2 Å². The average molecular weight is 331 g/mol. The average Bonchev–Trinajstić information content (AvgIpc) is 2.75. The topological polar surface area (TPSA) is 29.5 Å². The van der Waals surface area contributed by atoms with Crippen molar-refractivity contribution < 1.29 is 14.2 Å². The molecular formula is C13H12BrFO2S.